The summed E-state index contributed by atoms with van der Waals surface area (Å²) in [6.45, 7) is 1.83. The Morgan fingerprint density at radius 3 is 2.57 bits per heavy atom. The lowest BCUT2D eigenvalue weighted by Crippen LogP contribution is -2.21. The quantitative estimate of drug-likeness (QED) is 0.910. The molecule has 0 aliphatic carbocycles. The minimum absolute atomic E-state index is 0.0873. The molecule has 2 heterocycles. The number of carbonyl (C=O) groups is 1. The van der Waals surface area contributed by atoms with Crippen molar-refractivity contribution in [3.8, 4) is 5.69 Å². The van der Waals surface area contributed by atoms with Crippen LogP contribution in [0.4, 0.5) is 5.69 Å². The van der Waals surface area contributed by atoms with Crippen molar-refractivity contribution >= 4 is 28.5 Å². The molecule has 1 aliphatic heterocycles. The van der Waals surface area contributed by atoms with E-state index in [9.17, 15) is 9.59 Å². The van der Waals surface area contributed by atoms with Crippen LogP contribution in [-0.2, 0) is 11.8 Å². The Bertz CT molecular complexity index is 789. The van der Waals surface area contributed by atoms with Gasteiger partial charge in [-0.25, -0.2) is 9.67 Å². The molecule has 1 aromatic heterocycles. The van der Waals surface area contributed by atoms with Crippen LogP contribution in [0.3, 0.4) is 0 Å². The van der Waals surface area contributed by atoms with Crippen molar-refractivity contribution in [2.24, 2.45) is 12.0 Å². The molecule has 3 rings (SSSR count). The maximum atomic E-state index is 12.6. The van der Waals surface area contributed by atoms with Gasteiger partial charge in [-0.2, -0.15) is 0 Å². The number of amidine groups is 1. The standard InChI is InChI=1S/C14H14N4O2S/c1-9-12(16-14-15-11(19)8-21-14)13(20)18(17(9)2)10-6-4-3-5-7-10/h3-7H,8H2,1-2H3,(H,15,16,19). The molecule has 2 aromatic rings. The zero-order valence-corrected chi connectivity index (χ0v) is 12.5. The lowest BCUT2D eigenvalue weighted by atomic mass is 10.3. The van der Waals surface area contributed by atoms with E-state index in [0.29, 0.717) is 16.6 Å². The van der Waals surface area contributed by atoms with Crippen molar-refractivity contribution < 1.29 is 4.79 Å². The van der Waals surface area contributed by atoms with Crippen LogP contribution in [-0.4, -0.2) is 26.2 Å². The Morgan fingerprint density at radius 1 is 1.24 bits per heavy atom. The first kappa shape index (κ1) is 13.7. The summed E-state index contributed by atoms with van der Waals surface area (Å²) < 4.78 is 3.33. The van der Waals surface area contributed by atoms with Crippen LogP contribution < -0.4 is 10.9 Å². The minimum Gasteiger partial charge on any atom is -0.304 e. The van der Waals surface area contributed by atoms with Gasteiger partial charge in [-0.1, -0.05) is 30.0 Å². The Kier molecular flexibility index (Phi) is 3.42. The van der Waals surface area contributed by atoms with Crippen LogP contribution in [0.2, 0.25) is 0 Å². The van der Waals surface area contributed by atoms with Crippen LogP contribution in [0, 0.1) is 6.92 Å². The highest BCUT2D eigenvalue weighted by molar-refractivity contribution is 8.15. The average molecular weight is 302 g/mol. The number of amides is 1. The van der Waals surface area contributed by atoms with E-state index >= 15 is 0 Å². The smallest absolute Gasteiger partial charge is 0.297 e. The van der Waals surface area contributed by atoms with Crippen LogP contribution >= 0.6 is 11.8 Å². The second-order valence-electron chi connectivity index (χ2n) is 4.66. The first-order chi connectivity index (χ1) is 10.1. The first-order valence-corrected chi connectivity index (χ1v) is 7.42. The van der Waals surface area contributed by atoms with Gasteiger partial charge in [0.2, 0.25) is 5.91 Å². The molecule has 6 nitrogen and oxygen atoms in total. The molecule has 1 fully saturated rings. The van der Waals surface area contributed by atoms with Gasteiger partial charge in [0, 0.05) is 7.05 Å². The SMILES string of the molecule is Cc1c(N=C2NC(=O)CS2)c(=O)n(-c2ccccc2)n1C. The summed E-state index contributed by atoms with van der Waals surface area (Å²) in [6, 6.07) is 9.38. The lowest BCUT2D eigenvalue weighted by Gasteiger charge is -2.07. The van der Waals surface area contributed by atoms with Gasteiger partial charge in [0.15, 0.2) is 10.9 Å². The number of thioether (sulfide) groups is 1. The van der Waals surface area contributed by atoms with E-state index in [1.807, 2.05) is 44.3 Å². The summed E-state index contributed by atoms with van der Waals surface area (Å²) in [5, 5.41) is 3.12. The molecule has 0 bridgehead atoms. The fraction of sp³-hybridized carbons (Fsp3) is 0.214. The third-order valence-electron chi connectivity index (χ3n) is 3.32. The Hall–Kier alpha value is -2.28. The molecule has 1 N–H and O–H groups in total. The van der Waals surface area contributed by atoms with E-state index in [1.165, 1.54) is 11.8 Å². The highest BCUT2D eigenvalue weighted by Gasteiger charge is 2.20. The molecule has 1 aromatic carbocycles. The van der Waals surface area contributed by atoms with E-state index < -0.39 is 0 Å². The molecule has 0 unspecified atom stereocenters. The number of aromatic nitrogens is 2. The molecular formula is C14H14N4O2S. The van der Waals surface area contributed by atoms with Gasteiger partial charge in [-0.15, -0.1) is 0 Å². The normalized spacial score (nSPS) is 16.5. The van der Waals surface area contributed by atoms with Crippen molar-refractivity contribution in [2.45, 2.75) is 6.92 Å². The molecule has 1 aliphatic rings. The van der Waals surface area contributed by atoms with Crippen molar-refractivity contribution in [3.63, 3.8) is 0 Å². The second-order valence-corrected chi connectivity index (χ2v) is 5.63. The highest BCUT2D eigenvalue weighted by Crippen LogP contribution is 2.20. The Labute approximate surface area is 125 Å². The van der Waals surface area contributed by atoms with Crippen molar-refractivity contribution in [2.75, 3.05) is 5.75 Å². The molecule has 1 amide bonds. The number of aliphatic imine (C=N–C) groups is 1. The molecule has 0 radical (unpaired) electrons. The fourth-order valence-electron chi connectivity index (χ4n) is 2.17. The third-order valence-corrected chi connectivity index (χ3v) is 4.20. The molecule has 7 heteroatoms. The van der Waals surface area contributed by atoms with E-state index in [2.05, 4.69) is 10.3 Å². The minimum atomic E-state index is -0.199. The van der Waals surface area contributed by atoms with Crippen LogP contribution in [0.25, 0.3) is 5.69 Å². The number of nitrogens with zero attached hydrogens (tertiary/aromatic N) is 3. The predicted molar refractivity (Wildman–Crippen MR) is 83.4 cm³/mol. The van der Waals surface area contributed by atoms with Crippen molar-refractivity contribution in [1.29, 1.82) is 0 Å². The third kappa shape index (κ3) is 2.40. The summed E-state index contributed by atoms with van der Waals surface area (Å²) in [5.74, 6) is 0.258. The molecule has 0 spiro atoms. The molecule has 0 atom stereocenters. The first-order valence-electron chi connectivity index (χ1n) is 6.43. The number of hydrogen-bond donors (Lipinski definition) is 1. The van der Waals surface area contributed by atoms with Gasteiger partial charge < -0.3 is 5.32 Å². The zero-order valence-electron chi connectivity index (χ0n) is 11.7. The number of rotatable bonds is 2. The van der Waals surface area contributed by atoms with Gasteiger partial charge in [-0.3, -0.25) is 14.3 Å². The number of hydrogen-bond acceptors (Lipinski definition) is 4. The number of benzene rings is 1. The van der Waals surface area contributed by atoms with E-state index in [0.717, 1.165) is 11.4 Å². The summed E-state index contributed by atoms with van der Waals surface area (Å²) in [5.41, 5.74) is 1.68. The number of carbonyl (C=O) groups excluding carboxylic acids is 1. The van der Waals surface area contributed by atoms with Gasteiger partial charge in [0.25, 0.3) is 5.56 Å². The lowest BCUT2D eigenvalue weighted by molar-refractivity contribution is -0.116. The van der Waals surface area contributed by atoms with Gasteiger partial charge >= 0.3 is 0 Å². The van der Waals surface area contributed by atoms with Crippen LogP contribution in [0.1, 0.15) is 5.69 Å². The average Bonchev–Trinajstić information content (AvgIpc) is 2.98. The molecule has 21 heavy (non-hydrogen) atoms. The molecule has 1 saturated heterocycles. The zero-order chi connectivity index (χ0) is 15.0. The summed E-state index contributed by atoms with van der Waals surface area (Å²) in [4.78, 5) is 28.1. The maximum absolute atomic E-state index is 12.6. The van der Waals surface area contributed by atoms with Crippen LogP contribution in [0.15, 0.2) is 40.1 Å². The fourth-order valence-corrected chi connectivity index (χ4v) is 2.85. The highest BCUT2D eigenvalue weighted by atomic mass is 32.2. The van der Waals surface area contributed by atoms with Gasteiger partial charge in [-0.05, 0) is 19.1 Å². The number of para-hydroxylation sites is 1. The topological polar surface area (TPSA) is 68.4 Å². The predicted octanol–water partition coefficient (Wildman–Crippen LogP) is 1.33. The van der Waals surface area contributed by atoms with E-state index in [-0.39, 0.29) is 11.5 Å². The molecule has 0 saturated carbocycles. The van der Waals surface area contributed by atoms with E-state index in [4.69, 9.17) is 0 Å². The van der Waals surface area contributed by atoms with Gasteiger partial charge in [0.05, 0.1) is 17.1 Å². The second kappa shape index (κ2) is 5.25. The van der Waals surface area contributed by atoms with Crippen LogP contribution in [0.5, 0.6) is 0 Å². The summed E-state index contributed by atoms with van der Waals surface area (Å²) in [6.07, 6.45) is 0. The summed E-state index contributed by atoms with van der Waals surface area (Å²) in [7, 11) is 1.81. The molecule has 108 valence electrons. The maximum Gasteiger partial charge on any atom is 0.297 e. The Morgan fingerprint density at radius 2 is 1.95 bits per heavy atom. The van der Waals surface area contributed by atoms with Crippen molar-refractivity contribution in [1.82, 2.24) is 14.7 Å². The van der Waals surface area contributed by atoms with Crippen molar-refractivity contribution in [3.05, 3.63) is 46.4 Å². The molecular weight excluding hydrogens is 288 g/mol. The number of nitrogens with one attached hydrogen (secondary N) is 1. The van der Waals surface area contributed by atoms with Gasteiger partial charge in [0.1, 0.15) is 0 Å². The monoisotopic (exact) mass is 302 g/mol. The Balaban J connectivity index is 2.12. The summed E-state index contributed by atoms with van der Waals surface area (Å²) >= 11 is 1.31. The largest absolute Gasteiger partial charge is 0.304 e. The van der Waals surface area contributed by atoms with E-state index in [1.54, 1.807) is 9.36 Å².